The van der Waals surface area contributed by atoms with Gasteiger partial charge in [0.25, 0.3) is 0 Å². The molecule has 0 spiro atoms. The zero-order valence-corrected chi connectivity index (χ0v) is 10.1. The van der Waals surface area contributed by atoms with Crippen molar-refractivity contribution in [3.8, 4) is 0 Å². The van der Waals surface area contributed by atoms with E-state index in [2.05, 4.69) is 22.6 Å². The van der Waals surface area contributed by atoms with E-state index in [1.807, 2.05) is 19.1 Å². The van der Waals surface area contributed by atoms with E-state index >= 15 is 0 Å². The number of likely N-dealkylation sites (N-methyl/N-ethyl adjacent to an activating group) is 1. The van der Waals surface area contributed by atoms with Crippen molar-refractivity contribution in [3.63, 3.8) is 0 Å². The van der Waals surface area contributed by atoms with Crippen LogP contribution in [0.5, 0.6) is 0 Å². The minimum absolute atomic E-state index is 0.588. The summed E-state index contributed by atoms with van der Waals surface area (Å²) in [6.07, 6.45) is 0. The lowest BCUT2D eigenvalue weighted by Gasteiger charge is -2.33. The summed E-state index contributed by atoms with van der Waals surface area (Å²) >= 11 is 0. The van der Waals surface area contributed by atoms with Crippen molar-refractivity contribution >= 4 is 0 Å². The molecule has 0 radical (unpaired) electrons. The van der Waals surface area contributed by atoms with Gasteiger partial charge in [0, 0.05) is 32.2 Å². The molecule has 90 valence electrons. The minimum Gasteiger partial charge on any atom is -0.465 e. The molecule has 0 aliphatic carbocycles. The number of hydrogen-bond acceptors (Lipinski definition) is 4. The van der Waals surface area contributed by atoms with Crippen molar-refractivity contribution in [2.45, 2.75) is 19.5 Å². The van der Waals surface area contributed by atoms with Gasteiger partial charge in [-0.2, -0.15) is 0 Å². The topological polar surface area (TPSA) is 40.4 Å². The van der Waals surface area contributed by atoms with Gasteiger partial charge >= 0.3 is 0 Å². The third-order valence-corrected chi connectivity index (χ3v) is 3.12. The summed E-state index contributed by atoms with van der Waals surface area (Å²) in [5.41, 5.74) is 0. The Morgan fingerprint density at radius 1 is 1.56 bits per heavy atom. The molecule has 4 nitrogen and oxygen atoms in total. The molecule has 4 heteroatoms. The molecule has 2 N–H and O–H groups in total. The predicted octanol–water partition coefficient (Wildman–Crippen LogP) is 0.581. The Kier molecular flexibility index (Phi) is 3.98. The van der Waals surface area contributed by atoms with Crippen LogP contribution in [0.2, 0.25) is 0 Å². The first-order valence-electron chi connectivity index (χ1n) is 5.92. The Bertz CT molecular complexity index is 324. The number of rotatable bonds is 4. The van der Waals surface area contributed by atoms with Crippen LogP contribution in [0.1, 0.15) is 11.5 Å². The molecule has 1 aromatic heterocycles. The van der Waals surface area contributed by atoms with Gasteiger partial charge in [-0.05, 0) is 26.1 Å². The molecule has 1 aliphatic rings. The number of nitrogens with one attached hydrogen (secondary N) is 2. The Labute approximate surface area is 97.0 Å². The van der Waals surface area contributed by atoms with E-state index in [1.165, 1.54) is 0 Å². The lowest BCUT2D eigenvalue weighted by atomic mass is 10.2. The zero-order valence-electron chi connectivity index (χ0n) is 10.1. The fourth-order valence-electron chi connectivity index (χ4n) is 2.03. The summed E-state index contributed by atoms with van der Waals surface area (Å²) in [5.74, 6) is 2.00. The molecular formula is C12H21N3O. The summed E-state index contributed by atoms with van der Waals surface area (Å²) in [6.45, 7) is 7.10. The first-order chi connectivity index (χ1) is 7.75. The van der Waals surface area contributed by atoms with Gasteiger partial charge in [0.15, 0.2) is 0 Å². The van der Waals surface area contributed by atoms with Crippen LogP contribution in [-0.4, -0.2) is 44.2 Å². The van der Waals surface area contributed by atoms with Gasteiger partial charge in [0.05, 0.1) is 6.54 Å². The van der Waals surface area contributed by atoms with E-state index in [9.17, 15) is 0 Å². The third kappa shape index (κ3) is 3.07. The molecule has 2 rings (SSSR count). The van der Waals surface area contributed by atoms with E-state index in [1.54, 1.807) is 0 Å². The lowest BCUT2D eigenvalue weighted by molar-refractivity contribution is 0.194. The van der Waals surface area contributed by atoms with Crippen LogP contribution in [-0.2, 0) is 6.54 Å². The molecule has 16 heavy (non-hydrogen) atoms. The van der Waals surface area contributed by atoms with Crippen molar-refractivity contribution in [1.29, 1.82) is 0 Å². The van der Waals surface area contributed by atoms with Crippen LogP contribution in [0.15, 0.2) is 16.5 Å². The highest BCUT2D eigenvalue weighted by Gasteiger charge is 2.17. The minimum atomic E-state index is 0.588. The number of hydrogen-bond donors (Lipinski definition) is 2. The molecule has 2 heterocycles. The summed E-state index contributed by atoms with van der Waals surface area (Å²) in [4.78, 5) is 2.40. The highest BCUT2D eigenvalue weighted by atomic mass is 16.3. The van der Waals surface area contributed by atoms with Gasteiger partial charge < -0.3 is 15.1 Å². The maximum atomic E-state index is 5.51. The maximum Gasteiger partial charge on any atom is 0.117 e. The van der Waals surface area contributed by atoms with Crippen LogP contribution < -0.4 is 10.6 Å². The molecular weight excluding hydrogens is 202 g/mol. The van der Waals surface area contributed by atoms with Crippen molar-refractivity contribution < 1.29 is 4.42 Å². The Balaban J connectivity index is 1.71. The zero-order chi connectivity index (χ0) is 11.4. The summed E-state index contributed by atoms with van der Waals surface area (Å²) in [7, 11) is 2.18. The fourth-order valence-corrected chi connectivity index (χ4v) is 2.03. The van der Waals surface area contributed by atoms with E-state index in [0.29, 0.717) is 6.04 Å². The Hall–Kier alpha value is -0.840. The third-order valence-electron chi connectivity index (χ3n) is 3.12. The number of nitrogens with zero attached hydrogens (tertiary/aromatic N) is 1. The molecule has 1 fully saturated rings. The second-order valence-electron chi connectivity index (χ2n) is 4.48. The second kappa shape index (κ2) is 5.48. The van der Waals surface area contributed by atoms with Gasteiger partial charge in [-0.25, -0.2) is 0 Å². The smallest absolute Gasteiger partial charge is 0.117 e. The number of aryl methyl sites for hydroxylation is 1. The molecule has 1 aliphatic heterocycles. The Morgan fingerprint density at radius 3 is 3.12 bits per heavy atom. The molecule has 1 unspecified atom stereocenters. The highest BCUT2D eigenvalue weighted by Crippen LogP contribution is 2.05. The van der Waals surface area contributed by atoms with Gasteiger partial charge in [-0.1, -0.05) is 0 Å². The average Bonchev–Trinajstić information content (AvgIpc) is 2.67. The predicted molar refractivity (Wildman–Crippen MR) is 64.4 cm³/mol. The molecule has 1 saturated heterocycles. The van der Waals surface area contributed by atoms with Crippen LogP contribution >= 0.6 is 0 Å². The van der Waals surface area contributed by atoms with Crippen LogP contribution in [0.4, 0.5) is 0 Å². The number of piperazine rings is 1. The quantitative estimate of drug-likeness (QED) is 0.783. The average molecular weight is 223 g/mol. The van der Waals surface area contributed by atoms with Crippen molar-refractivity contribution in [1.82, 2.24) is 15.5 Å². The highest BCUT2D eigenvalue weighted by molar-refractivity contribution is 5.05. The molecule has 0 aromatic carbocycles. The van der Waals surface area contributed by atoms with Crippen LogP contribution in [0.25, 0.3) is 0 Å². The van der Waals surface area contributed by atoms with E-state index in [0.717, 1.165) is 44.2 Å². The van der Waals surface area contributed by atoms with E-state index in [4.69, 9.17) is 4.42 Å². The first kappa shape index (κ1) is 11.6. The summed E-state index contributed by atoms with van der Waals surface area (Å²) in [6, 6.07) is 4.63. The standard InChI is InChI=1S/C12H21N3O/c1-10-3-4-12(16-10)9-14-8-11-7-13-5-6-15(11)2/h3-4,11,13-14H,5-9H2,1-2H3. The molecule has 1 aromatic rings. The van der Waals surface area contributed by atoms with E-state index < -0.39 is 0 Å². The van der Waals surface area contributed by atoms with Crippen LogP contribution in [0, 0.1) is 6.92 Å². The largest absolute Gasteiger partial charge is 0.465 e. The fraction of sp³-hybridized carbons (Fsp3) is 0.667. The first-order valence-corrected chi connectivity index (χ1v) is 5.92. The molecule has 1 atom stereocenters. The van der Waals surface area contributed by atoms with Gasteiger partial charge in [-0.3, -0.25) is 4.90 Å². The van der Waals surface area contributed by atoms with Gasteiger partial charge in [0.2, 0.25) is 0 Å². The summed E-state index contributed by atoms with van der Waals surface area (Å²) in [5, 5.41) is 6.85. The Morgan fingerprint density at radius 2 is 2.44 bits per heavy atom. The van der Waals surface area contributed by atoms with E-state index in [-0.39, 0.29) is 0 Å². The lowest BCUT2D eigenvalue weighted by Crippen LogP contribution is -2.53. The monoisotopic (exact) mass is 223 g/mol. The molecule has 0 bridgehead atoms. The summed E-state index contributed by atoms with van der Waals surface area (Å²) < 4.78 is 5.51. The molecule has 0 saturated carbocycles. The SMILES string of the molecule is Cc1ccc(CNCC2CNCCN2C)o1. The number of furan rings is 1. The second-order valence-corrected chi connectivity index (χ2v) is 4.48. The van der Waals surface area contributed by atoms with Gasteiger partial charge in [-0.15, -0.1) is 0 Å². The normalized spacial score (nSPS) is 22.5. The van der Waals surface area contributed by atoms with Gasteiger partial charge in [0.1, 0.15) is 11.5 Å². The maximum absolute atomic E-state index is 5.51. The van der Waals surface area contributed by atoms with Crippen molar-refractivity contribution in [3.05, 3.63) is 23.7 Å². The van der Waals surface area contributed by atoms with Crippen LogP contribution in [0.3, 0.4) is 0 Å². The molecule has 0 amide bonds. The van der Waals surface area contributed by atoms with Crippen molar-refractivity contribution in [2.75, 3.05) is 33.2 Å². The van der Waals surface area contributed by atoms with Crippen molar-refractivity contribution in [2.24, 2.45) is 0 Å².